The number of rotatable bonds is 3. The van der Waals surface area contributed by atoms with Crippen LogP contribution in [0.15, 0.2) is 24.3 Å². The van der Waals surface area contributed by atoms with Gasteiger partial charge in [0.2, 0.25) is 0 Å². The van der Waals surface area contributed by atoms with Crippen LogP contribution in [0.3, 0.4) is 0 Å². The Morgan fingerprint density at radius 3 is 2.30 bits per heavy atom. The van der Waals surface area contributed by atoms with Crippen molar-refractivity contribution in [3.05, 3.63) is 45.4 Å². The van der Waals surface area contributed by atoms with Gasteiger partial charge in [0.1, 0.15) is 16.5 Å². The Labute approximate surface area is 154 Å². The summed E-state index contributed by atoms with van der Waals surface area (Å²) in [5.74, 6) is 1.66. The molecule has 0 aliphatic heterocycles. The van der Waals surface area contributed by atoms with E-state index in [0.29, 0.717) is 15.1 Å². The lowest BCUT2D eigenvalue weighted by Crippen LogP contribution is -2.28. The zero-order valence-corrected chi connectivity index (χ0v) is 19.6. The van der Waals surface area contributed by atoms with Gasteiger partial charge in [-0.15, -0.1) is 0 Å². The molecule has 124 valence electrons. The van der Waals surface area contributed by atoms with Crippen LogP contribution in [0, 0.1) is 13.8 Å². The predicted molar refractivity (Wildman–Crippen MR) is 110 cm³/mol. The molecular weight excluding hydrogens is 359 g/mol. The molecule has 2 aromatic rings. The first-order chi connectivity index (χ1) is 10.6. The molecule has 0 atom stereocenters. The second-order valence-electron chi connectivity index (χ2n) is 7.33. The molecule has 0 fully saturated rings. The van der Waals surface area contributed by atoms with Crippen molar-refractivity contribution in [3.63, 3.8) is 0 Å². The fourth-order valence-corrected chi connectivity index (χ4v) is 5.60. The van der Waals surface area contributed by atoms with Gasteiger partial charge in [-0.05, 0) is 52.5 Å². The van der Waals surface area contributed by atoms with Gasteiger partial charge in [-0.1, -0.05) is 56.1 Å². The second-order valence-corrected chi connectivity index (χ2v) is 12.4. The van der Waals surface area contributed by atoms with E-state index in [9.17, 15) is 0 Å². The van der Waals surface area contributed by atoms with Crippen LogP contribution in [0.1, 0.15) is 31.9 Å². The summed E-state index contributed by atoms with van der Waals surface area (Å²) in [4.78, 5) is 0. The number of hydrogen-bond acceptors (Lipinski definition) is 1. The Morgan fingerprint density at radius 2 is 1.70 bits per heavy atom. The van der Waals surface area contributed by atoms with E-state index in [1.807, 2.05) is 12.1 Å². The Kier molecular flexibility index (Phi) is 5.67. The number of hydrogen-bond donors (Lipinski definition) is 0. The molecular formula is C18H24Cl2OSi2. The van der Waals surface area contributed by atoms with E-state index in [-0.39, 0.29) is 0 Å². The van der Waals surface area contributed by atoms with Crippen molar-refractivity contribution in [2.45, 2.75) is 39.7 Å². The largest absolute Gasteiger partial charge is 0.456 e. The number of ether oxygens (including phenoxy) is 1. The molecule has 0 bridgehead atoms. The van der Waals surface area contributed by atoms with Crippen molar-refractivity contribution in [3.8, 4) is 11.5 Å². The Morgan fingerprint density at radius 1 is 1.04 bits per heavy atom. The third-order valence-electron chi connectivity index (χ3n) is 3.99. The van der Waals surface area contributed by atoms with E-state index in [0.717, 1.165) is 26.9 Å². The highest BCUT2D eigenvalue weighted by Gasteiger charge is 2.20. The van der Waals surface area contributed by atoms with Crippen LogP contribution in [0.5, 0.6) is 11.5 Å². The molecule has 2 rings (SSSR count). The molecule has 2 aromatic carbocycles. The average Bonchev–Trinajstić information content (AvgIpc) is 2.45. The van der Waals surface area contributed by atoms with E-state index in [1.165, 1.54) is 16.3 Å². The molecule has 0 aromatic heterocycles. The topological polar surface area (TPSA) is 9.23 Å². The second kappa shape index (κ2) is 7.02. The first-order valence-electron chi connectivity index (χ1n) is 7.81. The summed E-state index contributed by atoms with van der Waals surface area (Å²) in [6.07, 6.45) is 0. The molecule has 1 nitrogen and oxygen atoms in total. The minimum Gasteiger partial charge on any atom is -0.456 e. The van der Waals surface area contributed by atoms with Gasteiger partial charge >= 0.3 is 0 Å². The van der Waals surface area contributed by atoms with Crippen LogP contribution in [0.2, 0.25) is 15.1 Å². The lowest BCUT2D eigenvalue weighted by Gasteiger charge is -2.23. The highest BCUT2D eigenvalue weighted by atomic mass is 35.5. The lowest BCUT2D eigenvalue weighted by molar-refractivity contribution is 0.490. The maximum Gasteiger partial charge on any atom is 0.145 e. The molecule has 0 saturated heterocycles. The summed E-state index contributed by atoms with van der Waals surface area (Å²) < 4.78 is 6.29. The standard InChI is InChI=1S/C18H24Cl2OSi2/c1-10-6-8-13(17(11(10)2)23-18(3,4)5)21-16-14(22)9-7-12(19)15(16)20/h6-9H,23H2,1-5,22H3. The first kappa shape index (κ1) is 18.6. The smallest absolute Gasteiger partial charge is 0.145 e. The zero-order valence-electron chi connectivity index (χ0n) is 14.7. The number of aryl methyl sites for hydroxylation is 1. The third kappa shape index (κ3) is 4.41. The van der Waals surface area contributed by atoms with E-state index in [2.05, 4.69) is 46.8 Å². The summed E-state index contributed by atoms with van der Waals surface area (Å²) in [7, 11) is 0.371. The van der Waals surface area contributed by atoms with Gasteiger partial charge in [0, 0.05) is 10.2 Å². The maximum atomic E-state index is 6.38. The van der Waals surface area contributed by atoms with Crippen molar-refractivity contribution >= 4 is 53.3 Å². The van der Waals surface area contributed by atoms with Gasteiger partial charge in [-0.2, -0.15) is 0 Å². The van der Waals surface area contributed by atoms with Crippen molar-refractivity contribution in [2.24, 2.45) is 0 Å². The van der Waals surface area contributed by atoms with Gasteiger partial charge in [-0.3, -0.25) is 0 Å². The minimum absolute atomic E-state index is 0.318. The summed E-state index contributed by atoms with van der Waals surface area (Å²) in [6.45, 7) is 11.3. The molecule has 0 amide bonds. The quantitative estimate of drug-likeness (QED) is 0.738. The van der Waals surface area contributed by atoms with E-state index in [4.69, 9.17) is 27.9 Å². The van der Waals surface area contributed by atoms with Crippen molar-refractivity contribution in [1.29, 1.82) is 0 Å². The molecule has 0 N–H and O–H groups in total. The van der Waals surface area contributed by atoms with E-state index < -0.39 is 9.52 Å². The van der Waals surface area contributed by atoms with Crippen LogP contribution in [-0.2, 0) is 0 Å². The van der Waals surface area contributed by atoms with Crippen LogP contribution in [-0.4, -0.2) is 19.8 Å². The molecule has 0 unspecified atom stereocenters. The van der Waals surface area contributed by atoms with Crippen LogP contribution in [0.25, 0.3) is 0 Å². The summed E-state index contributed by atoms with van der Waals surface area (Å²) >= 11 is 12.5. The van der Waals surface area contributed by atoms with Crippen LogP contribution >= 0.6 is 23.2 Å². The van der Waals surface area contributed by atoms with E-state index in [1.54, 1.807) is 0 Å². The molecule has 0 aliphatic carbocycles. The van der Waals surface area contributed by atoms with Gasteiger partial charge in [-0.25, -0.2) is 0 Å². The summed E-state index contributed by atoms with van der Waals surface area (Å²) in [6, 6.07) is 8.03. The SMILES string of the molecule is Cc1ccc(Oc2c([SiH3])ccc(Cl)c2Cl)c([SiH2]C(C)(C)C)c1C. The average molecular weight is 383 g/mol. The van der Waals surface area contributed by atoms with Crippen molar-refractivity contribution in [2.75, 3.05) is 0 Å². The fourth-order valence-electron chi connectivity index (χ4n) is 2.56. The van der Waals surface area contributed by atoms with Gasteiger partial charge < -0.3 is 4.74 Å². The van der Waals surface area contributed by atoms with Gasteiger partial charge in [0.25, 0.3) is 0 Å². The van der Waals surface area contributed by atoms with Crippen LogP contribution < -0.4 is 15.1 Å². The summed E-state index contributed by atoms with van der Waals surface area (Å²) in [5, 5.41) is 3.88. The zero-order chi connectivity index (χ0) is 17.4. The molecule has 0 spiro atoms. The molecule has 0 heterocycles. The molecule has 0 aliphatic rings. The van der Waals surface area contributed by atoms with Crippen LogP contribution in [0.4, 0.5) is 0 Å². The normalized spacial score (nSPS) is 12.3. The predicted octanol–water partition coefficient (Wildman–Crippen LogP) is 3.41. The Bertz CT molecular complexity index is 737. The van der Waals surface area contributed by atoms with Gasteiger partial charge in [0.05, 0.1) is 14.5 Å². The lowest BCUT2D eigenvalue weighted by atomic mass is 10.1. The molecule has 0 radical (unpaired) electrons. The van der Waals surface area contributed by atoms with Crippen molar-refractivity contribution in [1.82, 2.24) is 0 Å². The highest BCUT2D eigenvalue weighted by molar-refractivity contribution is 6.58. The maximum absolute atomic E-state index is 6.38. The molecule has 5 heteroatoms. The van der Waals surface area contributed by atoms with Gasteiger partial charge in [0.15, 0.2) is 0 Å². The summed E-state index contributed by atoms with van der Waals surface area (Å²) in [5.41, 5.74) is 2.66. The fraction of sp³-hybridized carbons (Fsp3) is 0.333. The Balaban J connectivity index is 2.53. The third-order valence-corrected chi connectivity index (χ3v) is 7.86. The first-order valence-corrected chi connectivity index (χ1v) is 11.0. The minimum atomic E-state index is -0.492. The number of halogens is 2. The molecule has 23 heavy (non-hydrogen) atoms. The van der Waals surface area contributed by atoms with Crippen molar-refractivity contribution < 1.29 is 4.74 Å². The number of benzene rings is 2. The van der Waals surface area contributed by atoms with E-state index >= 15 is 0 Å². The highest BCUT2D eigenvalue weighted by Crippen LogP contribution is 2.33. The molecule has 0 saturated carbocycles. The Hall–Kier alpha value is -0.746. The monoisotopic (exact) mass is 382 g/mol.